The zero-order chi connectivity index (χ0) is 17.4. The lowest BCUT2D eigenvalue weighted by Gasteiger charge is -2.32. The molecule has 0 aliphatic heterocycles. The predicted octanol–water partition coefficient (Wildman–Crippen LogP) is 4.39. The molecule has 4 rings (SSSR count). The SMILES string of the molecule is Cc1ccc(C2=Cc3cccc4cccc(c34)C2C(CO)CO)cc1. The van der Waals surface area contributed by atoms with Crippen molar-refractivity contribution in [2.75, 3.05) is 13.2 Å². The Bertz CT molecular complexity index is 929. The molecule has 126 valence electrons. The molecule has 3 aromatic carbocycles. The average molecular weight is 330 g/mol. The molecule has 2 nitrogen and oxygen atoms in total. The zero-order valence-corrected chi connectivity index (χ0v) is 14.3. The third kappa shape index (κ3) is 2.68. The van der Waals surface area contributed by atoms with Crippen LogP contribution in [0.25, 0.3) is 22.4 Å². The van der Waals surface area contributed by atoms with Crippen molar-refractivity contribution in [1.82, 2.24) is 0 Å². The summed E-state index contributed by atoms with van der Waals surface area (Å²) in [6.45, 7) is 2.00. The van der Waals surface area contributed by atoms with Crippen LogP contribution < -0.4 is 0 Å². The van der Waals surface area contributed by atoms with Gasteiger partial charge >= 0.3 is 0 Å². The molecule has 0 amide bonds. The first kappa shape index (κ1) is 16.1. The Morgan fingerprint density at radius 3 is 2.24 bits per heavy atom. The Hall–Kier alpha value is -2.42. The monoisotopic (exact) mass is 330 g/mol. The van der Waals surface area contributed by atoms with E-state index in [1.807, 2.05) is 0 Å². The summed E-state index contributed by atoms with van der Waals surface area (Å²) in [7, 11) is 0. The normalized spacial score (nSPS) is 16.3. The fourth-order valence-corrected chi connectivity index (χ4v) is 3.99. The minimum absolute atomic E-state index is 0.0173. The largest absolute Gasteiger partial charge is 0.396 e. The summed E-state index contributed by atoms with van der Waals surface area (Å²) in [6.07, 6.45) is 2.23. The molecule has 25 heavy (non-hydrogen) atoms. The topological polar surface area (TPSA) is 40.5 Å². The molecule has 0 spiro atoms. The molecule has 1 aliphatic carbocycles. The number of hydrogen-bond donors (Lipinski definition) is 2. The summed E-state index contributed by atoms with van der Waals surface area (Å²) < 4.78 is 0. The Morgan fingerprint density at radius 1 is 0.880 bits per heavy atom. The molecule has 1 unspecified atom stereocenters. The van der Waals surface area contributed by atoms with Gasteiger partial charge in [-0.1, -0.05) is 66.2 Å². The number of aliphatic hydroxyl groups excluding tert-OH is 2. The van der Waals surface area contributed by atoms with Crippen LogP contribution in [0.1, 0.15) is 28.2 Å². The van der Waals surface area contributed by atoms with Crippen LogP contribution in [0.15, 0.2) is 60.7 Å². The quantitative estimate of drug-likeness (QED) is 0.745. The van der Waals surface area contributed by atoms with Crippen LogP contribution in [-0.4, -0.2) is 23.4 Å². The maximum atomic E-state index is 9.90. The fraction of sp³-hybridized carbons (Fsp3) is 0.217. The standard InChI is InChI=1S/C23H22O2/c1-15-8-10-16(11-9-15)21-12-18-6-2-4-17-5-3-7-20(22(17)18)23(21)19(13-24)14-25/h2-12,19,23-25H,13-14H2,1H3. The van der Waals surface area contributed by atoms with E-state index in [2.05, 4.69) is 73.7 Å². The van der Waals surface area contributed by atoms with Gasteiger partial charge in [0.1, 0.15) is 0 Å². The van der Waals surface area contributed by atoms with E-state index in [9.17, 15) is 10.2 Å². The highest BCUT2D eigenvalue weighted by Gasteiger charge is 2.31. The second-order valence-electron chi connectivity index (χ2n) is 6.86. The molecule has 0 bridgehead atoms. The van der Waals surface area contributed by atoms with Crippen LogP contribution in [0.4, 0.5) is 0 Å². The van der Waals surface area contributed by atoms with Gasteiger partial charge in [0.15, 0.2) is 0 Å². The third-order valence-electron chi connectivity index (χ3n) is 5.28. The Labute approximate surface area is 148 Å². The van der Waals surface area contributed by atoms with Gasteiger partial charge in [0.25, 0.3) is 0 Å². The van der Waals surface area contributed by atoms with Crippen molar-refractivity contribution in [2.24, 2.45) is 5.92 Å². The predicted molar refractivity (Wildman–Crippen MR) is 103 cm³/mol. The van der Waals surface area contributed by atoms with Crippen LogP contribution in [0.5, 0.6) is 0 Å². The first-order valence-corrected chi connectivity index (χ1v) is 8.75. The van der Waals surface area contributed by atoms with Crippen LogP contribution in [0.3, 0.4) is 0 Å². The number of aryl methyl sites for hydroxylation is 1. The summed E-state index contributed by atoms with van der Waals surface area (Å²) in [6, 6.07) is 21.2. The first-order valence-electron chi connectivity index (χ1n) is 8.75. The van der Waals surface area contributed by atoms with Crippen molar-refractivity contribution in [2.45, 2.75) is 12.8 Å². The summed E-state index contributed by atoms with van der Waals surface area (Å²) >= 11 is 0. The lowest BCUT2D eigenvalue weighted by molar-refractivity contribution is 0.142. The maximum Gasteiger partial charge on any atom is 0.0490 e. The summed E-state index contributed by atoms with van der Waals surface area (Å²) in [5.41, 5.74) is 5.93. The van der Waals surface area contributed by atoms with Gasteiger partial charge in [0.2, 0.25) is 0 Å². The van der Waals surface area contributed by atoms with E-state index in [0.717, 1.165) is 5.56 Å². The van der Waals surface area contributed by atoms with Gasteiger partial charge < -0.3 is 10.2 Å². The maximum absolute atomic E-state index is 9.90. The van der Waals surface area contributed by atoms with Crippen molar-refractivity contribution in [3.63, 3.8) is 0 Å². The smallest absolute Gasteiger partial charge is 0.0490 e. The van der Waals surface area contributed by atoms with E-state index in [1.165, 1.54) is 33.0 Å². The number of aliphatic hydroxyl groups is 2. The average Bonchev–Trinajstić information content (AvgIpc) is 2.65. The number of hydrogen-bond acceptors (Lipinski definition) is 2. The van der Waals surface area contributed by atoms with Crippen molar-refractivity contribution in [3.8, 4) is 0 Å². The second kappa shape index (κ2) is 6.47. The molecule has 0 fully saturated rings. The highest BCUT2D eigenvalue weighted by molar-refractivity contribution is 6.03. The lowest BCUT2D eigenvalue weighted by atomic mass is 9.72. The molecule has 0 aromatic heterocycles. The molecule has 0 saturated heterocycles. The Balaban J connectivity index is 1.99. The number of allylic oxidation sites excluding steroid dienone is 1. The van der Waals surface area contributed by atoms with Crippen molar-refractivity contribution in [1.29, 1.82) is 0 Å². The van der Waals surface area contributed by atoms with Gasteiger partial charge in [-0.2, -0.15) is 0 Å². The van der Waals surface area contributed by atoms with E-state index in [-0.39, 0.29) is 25.0 Å². The minimum Gasteiger partial charge on any atom is -0.396 e. The molecule has 1 atom stereocenters. The Kier molecular flexibility index (Phi) is 4.16. The van der Waals surface area contributed by atoms with Gasteiger partial charge in [-0.3, -0.25) is 0 Å². The van der Waals surface area contributed by atoms with Gasteiger partial charge in [0.05, 0.1) is 0 Å². The third-order valence-corrected chi connectivity index (χ3v) is 5.28. The zero-order valence-electron chi connectivity index (χ0n) is 14.3. The molecule has 3 aromatic rings. The summed E-state index contributed by atoms with van der Waals surface area (Å²) in [5.74, 6) is -0.234. The van der Waals surface area contributed by atoms with Crippen LogP contribution in [0.2, 0.25) is 0 Å². The molecular formula is C23H22O2. The summed E-state index contributed by atoms with van der Waals surface area (Å²) in [4.78, 5) is 0. The van der Waals surface area contributed by atoms with E-state index in [0.29, 0.717) is 0 Å². The van der Waals surface area contributed by atoms with Gasteiger partial charge in [-0.15, -0.1) is 0 Å². The second-order valence-corrected chi connectivity index (χ2v) is 6.86. The van der Waals surface area contributed by atoms with Crippen molar-refractivity contribution < 1.29 is 10.2 Å². The molecular weight excluding hydrogens is 308 g/mol. The molecule has 0 saturated carbocycles. The number of rotatable bonds is 4. The number of benzene rings is 3. The Morgan fingerprint density at radius 2 is 1.56 bits per heavy atom. The fourth-order valence-electron chi connectivity index (χ4n) is 3.99. The molecule has 2 N–H and O–H groups in total. The summed E-state index contributed by atoms with van der Waals surface area (Å²) in [5, 5.41) is 22.2. The minimum atomic E-state index is -0.216. The van der Waals surface area contributed by atoms with Crippen LogP contribution in [-0.2, 0) is 0 Å². The first-order chi connectivity index (χ1) is 12.2. The molecule has 0 radical (unpaired) electrons. The van der Waals surface area contributed by atoms with Gasteiger partial charge in [-0.25, -0.2) is 0 Å². The van der Waals surface area contributed by atoms with E-state index < -0.39 is 0 Å². The molecule has 1 aliphatic rings. The highest BCUT2D eigenvalue weighted by Crippen LogP contribution is 2.46. The molecule has 2 heteroatoms. The highest BCUT2D eigenvalue weighted by atomic mass is 16.3. The van der Waals surface area contributed by atoms with E-state index in [4.69, 9.17) is 0 Å². The van der Waals surface area contributed by atoms with E-state index >= 15 is 0 Å². The van der Waals surface area contributed by atoms with Crippen LogP contribution in [0, 0.1) is 12.8 Å². The van der Waals surface area contributed by atoms with Gasteiger partial charge in [0, 0.05) is 25.0 Å². The molecule has 0 heterocycles. The van der Waals surface area contributed by atoms with Crippen molar-refractivity contribution in [3.05, 3.63) is 82.9 Å². The van der Waals surface area contributed by atoms with Crippen LogP contribution >= 0.6 is 0 Å². The lowest BCUT2D eigenvalue weighted by Crippen LogP contribution is -2.23. The van der Waals surface area contributed by atoms with Gasteiger partial charge in [-0.05, 0) is 46.0 Å². The van der Waals surface area contributed by atoms with E-state index in [1.54, 1.807) is 0 Å². The van der Waals surface area contributed by atoms with Crippen molar-refractivity contribution >= 4 is 22.4 Å².